The molecule has 5 heteroatoms. The second-order valence-corrected chi connectivity index (χ2v) is 6.09. The third-order valence-corrected chi connectivity index (χ3v) is 4.25. The lowest BCUT2D eigenvalue weighted by atomic mass is 9.96. The number of ether oxygens (including phenoxy) is 1. The number of hydrogen-bond acceptors (Lipinski definition) is 4. The predicted octanol–water partition coefficient (Wildman–Crippen LogP) is 2.50. The van der Waals surface area contributed by atoms with E-state index >= 15 is 0 Å². The molecule has 1 aliphatic rings. The van der Waals surface area contributed by atoms with Crippen LogP contribution in [0.4, 0.5) is 5.69 Å². The van der Waals surface area contributed by atoms with Gasteiger partial charge in [-0.2, -0.15) is 0 Å². The second-order valence-electron chi connectivity index (χ2n) is 5.17. The van der Waals surface area contributed by atoms with Crippen LogP contribution in [0.1, 0.15) is 13.3 Å². The molecule has 1 N–H and O–H groups in total. The molecule has 0 radical (unpaired) electrons. The van der Waals surface area contributed by atoms with E-state index in [0.29, 0.717) is 12.6 Å². The van der Waals surface area contributed by atoms with Gasteiger partial charge in [0.15, 0.2) is 0 Å². The third-order valence-electron chi connectivity index (χ3n) is 3.72. The Kier molecular flexibility index (Phi) is 4.16. The number of likely N-dealkylation sites (tertiary alicyclic amines) is 1. The van der Waals surface area contributed by atoms with Gasteiger partial charge in [-0.05, 0) is 44.7 Å². The van der Waals surface area contributed by atoms with Gasteiger partial charge < -0.3 is 15.0 Å². The molecule has 1 aromatic carbocycles. The minimum Gasteiger partial charge on any atom is -0.467 e. The number of nitrogens with zero attached hydrogens (tertiary/aromatic N) is 1. The summed E-state index contributed by atoms with van der Waals surface area (Å²) in [6, 6.07) is 8.17. The Morgan fingerprint density at radius 1 is 1.47 bits per heavy atom. The normalized spacial score (nSPS) is 27.3. The zero-order valence-corrected chi connectivity index (χ0v) is 13.0. The number of methoxy groups -OCH3 is 1. The first kappa shape index (κ1) is 14.3. The van der Waals surface area contributed by atoms with E-state index in [4.69, 9.17) is 4.74 Å². The molecule has 0 aromatic heterocycles. The van der Waals surface area contributed by atoms with Gasteiger partial charge in [0, 0.05) is 22.7 Å². The zero-order chi connectivity index (χ0) is 14.0. The van der Waals surface area contributed by atoms with Crippen LogP contribution in [-0.4, -0.2) is 43.2 Å². The number of carbonyl (C=O) groups is 1. The molecule has 1 fully saturated rings. The number of benzene rings is 1. The minimum atomic E-state index is -0.656. The van der Waals surface area contributed by atoms with E-state index in [1.165, 1.54) is 7.11 Å². The van der Waals surface area contributed by atoms with Crippen molar-refractivity contribution in [3.8, 4) is 0 Å². The average molecular weight is 327 g/mol. The van der Waals surface area contributed by atoms with Crippen molar-refractivity contribution in [2.75, 3.05) is 26.0 Å². The largest absolute Gasteiger partial charge is 0.467 e. The molecule has 0 saturated carbocycles. The fourth-order valence-corrected chi connectivity index (χ4v) is 2.86. The summed E-state index contributed by atoms with van der Waals surface area (Å²) >= 11 is 3.41. The fourth-order valence-electron chi connectivity index (χ4n) is 2.60. The summed E-state index contributed by atoms with van der Waals surface area (Å²) < 4.78 is 6.01. The number of carbonyl (C=O) groups excluding carboxylic acids is 1. The summed E-state index contributed by atoms with van der Waals surface area (Å²) in [7, 11) is 3.47. The van der Waals surface area contributed by atoms with Gasteiger partial charge in [0.2, 0.25) is 0 Å². The number of rotatable bonds is 3. The lowest BCUT2D eigenvalue weighted by molar-refractivity contribution is -0.145. The highest BCUT2D eigenvalue weighted by atomic mass is 79.9. The number of esters is 1. The molecule has 1 saturated heterocycles. The van der Waals surface area contributed by atoms with Gasteiger partial charge in [-0.3, -0.25) is 0 Å². The Morgan fingerprint density at radius 2 is 2.11 bits per heavy atom. The number of anilines is 1. The number of likely N-dealkylation sites (N-methyl/N-ethyl adjacent to an activating group) is 1. The standard InChI is InChI=1S/C14H19BrN2O2/c1-10-8-14(9-17(10)2,13(18)19-3)16-12-6-4-11(15)5-7-12/h4-7,10,16H,8-9H2,1-3H3. The molecule has 104 valence electrons. The molecule has 1 aromatic rings. The van der Waals surface area contributed by atoms with Gasteiger partial charge in [-0.25, -0.2) is 4.79 Å². The molecule has 1 aliphatic heterocycles. The quantitative estimate of drug-likeness (QED) is 0.866. The molecular formula is C14H19BrN2O2. The molecule has 2 atom stereocenters. The maximum atomic E-state index is 12.2. The second kappa shape index (κ2) is 5.51. The molecule has 2 unspecified atom stereocenters. The molecule has 0 spiro atoms. The van der Waals surface area contributed by atoms with Gasteiger partial charge in [-0.1, -0.05) is 15.9 Å². The van der Waals surface area contributed by atoms with E-state index in [1.54, 1.807) is 0 Å². The van der Waals surface area contributed by atoms with Crippen LogP contribution in [0.15, 0.2) is 28.7 Å². The molecule has 2 rings (SSSR count). The molecule has 0 aliphatic carbocycles. The minimum absolute atomic E-state index is 0.202. The van der Waals surface area contributed by atoms with E-state index in [1.807, 2.05) is 31.3 Å². The summed E-state index contributed by atoms with van der Waals surface area (Å²) in [5.41, 5.74) is 0.271. The van der Waals surface area contributed by atoms with Crippen LogP contribution >= 0.6 is 15.9 Å². The van der Waals surface area contributed by atoms with Crippen molar-refractivity contribution in [3.63, 3.8) is 0 Å². The van der Waals surface area contributed by atoms with Crippen LogP contribution in [0.3, 0.4) is 0 Å². The van der Waals surface area contributed by atoms with Gasteiger partial charge in [0.1, 0.15) is 5.54 Å². The van der Waals surface area contributed by atoms with Crippen LogP contribution in [0, 0.1) is 0 Å². The molecular weight excluding hydrogens is 308 g/mol. The van der Waals surface area contributed by atoms with Crippen molar-refractivity contribution < 1.29 is 9.53 Å². The highest BCUT2D eigenvalue weighted by Crippen LogP contribution is 2.31. The Hall–Kier alpha value is -1.07. The highest BCUT2D eigenvalue weighted by molar-refractivity contribution is 9.10. The van der Waals surface area contributed by atoms with Crippen molar-refractivity contribution in [1.82, 2.24) is 4.90 Å². The maximum absolute atomic E-state index is 12.2. The summed E-state index contributed by atoms with van der Waals surface area (Å²) in [5.74, 6) is -0.202. The van der Waals surface area contributed by atoms with E-state index in [9.17, 15) is 4.79 Å². The molecule has 0 amide bonds. The van der Waals surface area contributed by atoms with Gasteiger partial charge in [0.25, 0.3) is 0 Å². The predicted molar refractivity (Wildman–Crippen MR) is 79.2 cm³/mol. The van der Waals surface area contributed by atoms with Crippen LogP contribution in [0.5, 0.6) is 0 Å². The fraction of sp³-hybridized carbons (Fsp3) is 0.500. The lowest BCUT2D eigenvalue weighted by Crippen LogP contribution is -2.49. The van der Waals surface area contributed by atoms with E-state index < -0.39 is 5.54 Å². The molecule has 1 heterocycles. The topological polar surface area (TPSA) is 41.6 Å². The van der Waals surface area contributed by atoms with Gasteiger partial charge in [0.05, 0.1) is 7.11 Å². The van der Waals surface area contributed by atoms with E-state index in [2.05, 4.69) is 33.1 Å². The van der Waals surface area contributed by atoms with Crippen molar-refractivity contribution >= 4 is 27.6 Å². The monoisotopic (exact) mass is 326 g/mol. The van der Waals surface area contributed by atoms with E-state index in [-0.39, 0.29) is 5.97 Å². The number of halogens is 1. The van der Waals surface area contributed by atoms with Crippen molar-refractivity contribution in [2.24, 2.45) is 0 Å². The van der Waals surface area contributed by atoms with Crippen LogP contribution in [-0.2, 0) is 9.53 Å². The third kappa shape index (κ3) is 2.92. The maximum Gasteiger partial charge on any atom is 0.332 e. The van der Waals surface area contributed by atoms with Crippen LogP contribution in [0.25, 0.3) is 0 Å². The first-order valence-corrected chi connectivity index (χ1v) is 7.08. The summed E-state index contributed by atoms with van der Waals surface area (Å²) in [5, 5.41) is 3.36. The molecule has 0 bridgehead atoms. The Balaban J connectivity index is 2.24. The van der Waals surface area contributed by atoms with Crippen LogP contribution in [0.2, 0.25) is 0 Å². The van der Waals surface area contributed by atoms with Crippen molar-refractivity contribution in [1.29, 1.82) is 0 Å². The first-order valence-electron chi connectivity index (χ1n) is 6.29. The van der Waals surface area contributed by atoms with Gasteiger partial charge in [-0.15, -0.1) is 0 Å². The first-order chi connectivity index (χ1) is 8.97. The SMILES string of the molecule is COC(=O)C1(Nc2ccc(Br)cc2)CC(C)N(C)C1. The Morgan fingerprint density at radius 3 is 2.58 bits per heavy atom. The van der Waals surface area contributed by atoms with Crippen molar-refractivity contribution in [3.05, 3.63) is 28.7 Å². The smallest absolute Gasteiger partial charge is 0.332 e. The highest BCUT2D eigenvalue weighted by Gasteiger charge is 2.47. The Bertz CT molecular complexity index is 451. The van der Waals surface area contributed by atoms with Crippen LogP contribution < -0.4 is 5.32 Å². The van der Waals surface area contributed by atoms with Crippen molar-refractivity contribution in [2.45, 2.75) is 24.9 Å². The van der Waals surface area contributed by atoms with E-state index in [0.717, 1.165) is 16.6 Å². The summed E-state index contributed by atoms with van der Waals surface area (Å²) in [6.45, 7) is 2.77. The summed E-state index contributed by atoms with van der Waals surface area (Å²) in [4.78, 5) is 14.3. The average Bonchev–Trinajstić information content (AvgIpc) is 2.68. The molecule has 19 heavy (non-hydrogen) atoms. The number of hydrogen-bond donors (Lipinski definition) is 1. The summed E-state index contributed by atoms with van der Waals surface area (Å²) in [6.07, 6.45) is 0.742. The Labute approximate surface area is 122 Å². The lowest BCUT2D eigenvalue weighted by Gasteiger charge is -2.28. The number of nitrogens with one attached hydrogen (secondary N) is 1. The zero-order valence-electron chi connectivity index (χ0n) is 11.4. The molecule has 4 nitrogen and oxygen atoms in total. The van der Waals surface area contributed by atoms with Gasteiger partial charge >= 0.3 is 5.97 Å².